The van der Waals surface area contributed by atoms with Gasteiger partial charge in [0, 0.05) is 11.6 Å². The normalized spacial score (nSPS) is 11.3. The van der Waals surface area contributed by atoms with Gasteiger partial charge in [-0.25, -0.2) is 8.42 Å². The number of nitrogens with zero attached hydrogens (tertiary/aromatic N) is 2. The van der Waals surface area contributed by atoms with Crippen LogP contribution in [-0.2, 0) is 10.0 Å². The van der Waals surface area contributed by atoms with Gasteiger partial charge in [0.15, 0.2) is 5.82 Å². The Hall–Kier alpha value is -1.86. The van der Waals surface area contributed by atoms with Gasteiger partial charge in [-0.05, 0) is 49.2 Å². The maximum atomic E-state index is 12.4. The molecule has 0 unspecified atom stereocenters. The second-order valence-electron chi connectivity index (χ2n) is 5.45. The molecule has 6 nitrogen and oxygen atoms in total. The van der Waals surface area contributed by atoms with Gasteiger partial charge in [0.2, 0.25) is 0 Å². The molecule has 1 aromatic heterocycles. The molecule has 2 aromatic rings. The fraction of sp³-hybridized carbons (Fsp3) is 0.375. The van der Waals surface area contributed by atoms with E-state index in [0.717, 1.165) is 25.8 Å². The van der Waals surface area contributed by atoms with E-state index < -0.39 is 10.0 Å². The van der Waals surface area contributed by atoms with Gasteiger partial charge in [-0.2, -0.15) is 0 Å². The van der Waals surface area contributed by atoms with E-state index in [4.69, 9.17) is 11.6 Å². The van der Waals surface area contributed by atoms with E-state index >= 15 is 0 Å². The maximum absolute atomic E-state index is 12.4. The van der Waals surface area contributed by atoms with Crippen LogP contribution >= 0.6 is 11.6 Å². The monoisotopic (exact) mass is 368 g/mol. The fourth-order valence-electron chi connectivity index (χ4n) is 2.05. The zero-order chi connectivity index (χ0) is 17.6. The number of nitrogens with one attached hydrogen (secondary N) is 2. The first-order chi connectivity index (χ1) is 11.4. The van der Waals surface area contributed by atoms with Crippen LogP contribution in [0.2, 0.25) is 5.02 Å². The third-order valence-electron chi connectivity index (χ3n) is 3.43. The van der Waals surface area contributed by atoms with Gasteiger partial charge in [0.25, 0.3) is 10.0 Å². The van der Waals surface area contributed by atoms with Gasteiger partial charge in [-0.15, -0.1) is 10.2 Å². The highest BCUT2D eigenvalue weighted by Gasteiger charge is 2.16. The van der Waals surface area contributed by atoms with E-state index in [1.54, 1.807) is 25.1 Å². The van der Waals surface area contributed by atoms with E-state index in [-0.39, 0.29) is 10.7 Å². The van der Waals surface area contributed by atoms with Gasteiger partial charge in [-0.1, -0.05) is 31.4 Å². The summed E-state index contributed by atoms with van der Waals surface area (Å²) in [6, 6.07) is 7.80. The minimum absolute atomic E-state index is 0.132. The lowest BCUT2D eigenvalue weighted by molar-refractivity contribution is 0.601. The van der Waals surface area contributed by atoms with Crippen molar-refractivity contribution in [3.63, 3.8) is 0 Å². The quantitative estimate of drug-likeness (QED) is 0.691. The standard InChI is InChI=1S/C16H21ClN4O2S/c1-3-4-5-10-18-15-8-9-16(20-19-15)21-24(22,23)13-6-7-14(17)12(2)11-13/h6-9,11H,3-5,10H2,1-2H3,(H,18,19)(H,20,21). The molecular formula is C16H21ClN4O2S. The molecular weight excluding hydrogens is 348 g/mol. The van der Waals surface area contributed by atoms with E-state index in [9.17, 15) is 8.42 Å². The molecule has 0 aliphatic rings. The van der Waals surface area contributed by atoms with Crippen molar-refractivity contribution in [3.05, 3.63) is 40.9 Å². The minimum atomic E-state index is -3.72. The Balaban J connectivity index is 2.03. The fourth-order valence-corrected chi connectivity index (χ4v) is 3.25. The van der Waals surface area contributed by atoms with Crippen LogP contribution in [0.1, 0.15) is 31.7 Å². The number of aromatic nitrogens is 2. The van der Waals surface area contributed by atoms with Crippen molar-refractivity contribution in [2.24, 2.45) is 0 Å². The average molecular weight is 369 g/mol. The predicted molar refractivity (Wildman–Crippen MR) is 97.0 cm³/mol. The molecule has 130 valence electrons. The van der Waals surface area contributed by atoms with Crippen LogP contribution in [0.25, 0.3) is 0 Å². The van der Waals surface area contributed by atoms with Crippen molar-refractivity contribution in [2.45, 2.75) is 38.0 Å². The molecule has 0 bridgehead atoms. The largest absolute Gasteiger partial charge is 0.369 e. The minimum Gasteiger partial charge on any atom is -0.369 e. The Kier molecular flexibility index (Phi) is 6.39. The molecule has 2 rings (SSSR count). The van der Waals surface area contributed by atoms with E-state index in [1.165, 1.54) is 12.1 Å². The molecule has 0 aliphatic carbocycles. The molecule has 0 fully saturated rings. The molecule has 0 aliphatic heterocycles. The number of unbranched alkanes of at least 4 members (excludes halogenated alkanes) is 2. The Bertz CT molecular complexity index is 779. The third kappa shape index (κ3) is 5.07. The summed E-state index contributed by atoms with van der Waals surface area (Å²) in [5.41, 5.74) is 0.692. The Morgan fingerprint density at radius 2 is 1.79 bits per heavy atom. The number of rotatable bonds is 8. The van der Waals surface area contributed by atoms with Gasteiger partial charge in [-0.3, -0.25) is 4.72 Å². The number of aryl methyl sites for hydroxylation is 1. The molecule has 1 aromatic carbocycles. The van der Waals surface area contributed by atoms with E-state index in [0.29, 0.717) is 16.4 Å². The van der Waals surface area contributed by atoms with Crippen LogP contribution in [0, 0.1) is 6.92 Å². The van der Waals surface area contributed by atoms with Crippen LogP contribution in [0.4, 0.5) is 11.6 Å². The summed E-state index contributed by atoms with van der Waals surface area (Å²) in [5, 5.41) is 11.5. The summed E-state index contributed by atoms with van der Waals surface area (Å²) in [4.78, 5) is 0.132. The lowest BCUT2D eigenvalue weighted by Gasteiger charge is -2.09. The van der Waals surface area contributed by atoms with Crippen molar-refractivity contribution in [2.75, 3.05) is 16.6 Å². The number of halogens is 1. The molecule has 24 heavy (non-hydrogen) atoms. The molecule has 0 radical (unpaired) electrons. The maximum Gasteiger partial charge on any atom is 0.263 e. The van der Waals surface area contributed by atoms with Crippen LogP contribution in [0.15, 0.2) is 35.2 Å². The van der Waals surface area contributed by atoms with E-state index in [1.807, 2.05) is 0 Å². The Morgan fingerprint density at radius 1 is 1.08 bits per heavy atom. The molecule has 2 N–H and O–H groups in total. The van der Waals surface area contributed by atoms with Crippen LogP contribution in [0.5, 0.6) is 0 Å². The number of hydrogen-bond acceptors (Lipinski definition) is 5. The molecule has 0 spiro atoms. The zero-order valence-corrected chi connectivity index (χ0v) is 15.3. The second-order valence-corrected chi connectivity index (χ2v) is 7.54. The Morgan fingerprint density at radius 3 is 2.42 bits per heavy atom. The van der Waals surface area contributed by atoms with Crippen molar-refractivity contribution in [1.82, 2.24) is 10.2 Å². The number of benzene rings is 1. The average Bonchev–Trinajstić information content (AvgIpc) is 2.55. The Labute approximate surface area is 147 Å². The highest BCUT2D eigenvalue weighted by atomic mass is 35.5. The lowest BCUT2D eigenvalue weighted by Crippen LogP contribution is -2.15. The van der Waals surface area contributed by atoms with E-state index in [2.05, 4.69) is 27.2 Å². The highest BCUT2D eigenvalue weighted by Crippen LogP contribution is 2.21. The lowest BCUT2D eigenvalue weighted by atomic mass is 10.2. The molecule has 8 heteroatoms. The first kappa shape index (κ1) is 18.5. The molecule has 1 heterocycles. The molecule has 0 saturated carbocycles. The van der Waals surface area contributed by atoms with Gasteiger partial charge >= 0.3 is 0 Å². The van der Waals surface area contributed by atoms with Gasteiger partial charge in [0.1, 0.15) is 5.82 Å². The summed E-state index contributed by atoms with van der Waals surface area (Å²) >= 11 is 5.93. The van der Waals surface area contributed by atoms with Crippen molar-refractivity contribution in [1.29, 1.82) is 0 Å². The van der Waals surface area contributed by atoms with Gasteiger partial charge < -0.3 is 5.32 Å². The second kappa shape index (κ2) is 8.30. The highest BCUT2D eigenvalue weighted by molar-refractivity contribution is 7.92. The number of hydrogen-bond donors (Lipinski definition) is 2. The number of sulfonamides is 1. The molecule has 0 amide bonds. The summed E-state index contributed by atoms with van der Waals surface area (Å²) < 4.78 is 27.1. The summed E-state index contributed by atoms with van der Waals surface area (Å²) in [6.45, 7) is 4.71. The first-order valence-electron chi connectivity index (χ1n) is 7.79. The van der Waals surface area contributed by atoms with Crippen molar-refractivity contribution in [3.8, 4) is 0 Å². The summed E-state index contributed by atoms with van der Waals surface area (Å²) in [5.74, 6) is 0.790. The summed E-state index contributed by atoms with van der Waals surface area (Å²) in [7, 11) is -3.72. The topological polar surface area (TPSA) is 84.0 Å². The van der Waals surface area contributed by atoms with Crippen LogP contribution in [0.3, 0.4) is 0 Å². The predicted octanol–water partition coefficient (Wildman–Crippen LogP) is 3.84. The smallest absolute Gasteiger partial charge is 0.263 e. The molecule has 0 saturated heterocycles. The zero-order valence-electron chi connectivity index (χ0n) is 13.7. The molecule has 0 atom stereocenters. The number of anilines is 2. The van der Waals surface area contributed by atoms with Crippen LogP contribution in [-0.4, -0.2) is 25.2 Å². The first-order valence-corrected chi connectivity index (χ1v) is 9.65. The van der Waals surface area contributed by atoms with Gasteiger partial charge in [0.05, 0.1) is 4.90 Å². The van der Waals surface area contributed by atoms with Crippen molar-refractivity contribution < 1.29 is 8.42 Å². The summed E-state index contributed by atoms with van der Waals surface area (Å²) in [6.07, 6.45) is 3.36. The SMILES string of the molecule is CCCCCNc1ccc(NS(=O)(=O)c2ccc(Cl)c(C)c2)nn1. The van der Waals surface area contributed by atoms with Crippen LogP contribution < -0.4 is 10.0 Å². The third-order valence-corrected chi connectivity index (χ3v) is 5.21. The van der Waals surface area contributed by atoms with Crippen molar-refractivity contribution >= 4 is 33.3 Å².